The molecule has 2 heterocycles. The van der Waals surface area contributed by atoms with E-state index in [1.165, 1.54) is 28.0 Å². The van der Waals surface area contributed by atoms with Crippen molar-refractivity contribution in [2.75, 3.05) is 24.7 Å². The molecule has 1 N–H and O–H groups in total. The zero-order chi connectivity index (χ0) is 22.8. The fourth-order valence-electron chi connectivity index (χ4n) is 6.02. The summed E-state index contributed by atoms with van der Waals surface area (Å²) in [4.78, 5) is 17.3. The highest BCUT2D eigenvalue weighted by molar-refractivity contribution is 5.94. The summed E-state index contributed by atoms with van der Waals surface area (Å²) in [5.41, 5.74) is 1.64. The van der Waals surface area contributed by atoms with Crippen LogP contribution in [0, 0.1) is 0 Å². The summed E-state index contributed by atoms with van der Waals surface area (Å²) < 4.78 is 39.9. The van der Waals surface area contributed by atoms with E-state index in [1.807, 2.05) is 4.90 Å². The second kappa shape index (κ2) is 7.22. The van der Waals surface area contributed by atoms with Gasteiger partial charge in [-0.25, -0.2) is 0 Å². The number of benzene rings is 3. The monoisotopic (exact) mass is 451 g/mol. The molecule has 1 aliphatic carbocycles. The Kier molecular flexibility index (Phi) is 4.49. The lowest BCUT2D eigenvalue weighted by Crippen LogP contribution is -2.56. The maximum absolute atomic E-state index is 13.3. The van der Waals surface area contributed by atoms with Gasteiger partial charge < -0.3 is 10.2 Å². The zero-order valence-electron chi connectivity index (χ0n) is 18.0. The van der Waals surface area contributed by atoms with Crippen LogP contribution in [0.25, 0.3) is 10.8 Å². The van der Waals surface area contributed by atoms with Crippen LogP contribution >= 0.6 is 0 Å². The van der Waals surface area contributed by atoms with E-state index in [-0.39, 0.29) is 18.6 Å². The van der Waals surface area contributed by atoms with E-state index in [0.29, 0.717) is 18.5 Å². The molecule has 2 fully saturated rings. The molecule has 1 unspecified atom stereocenters. The van der Waals surface area contributed by atoms with Crippen LogP contribution in [0.3, 0.4) is 0 Å². The second-order valence-electron chi connectivity index (χ2n) is 9.29. The minimum Gasteiger partial charge on any atom is -0.339 e. The van der Waals surface area contributed by atoms with Crippen molar-refractivity contribution in [2.24, 2.45) is 0 Å². The van der Waals surface area contributed by atoms with Crippen LogP contribution in [-0.4, -0.2) is 36.1 Å². The van der Waals surface area contributed by atoms with E-state index in [1.54, 1.807) is 6.07 Å². The van der Waals surface area contributed by atoms with Crippen LogP contribution in [-0.2, 0) is 17.4 Å². The average Bonchev–Trinajstić information content (AvgIpc) is 3.34. The van der Waals surface area contributed by atoms with Gasteiger partial charge in [0.25, 0.3) is 0 Å². The number of anilines is 1. The number of alkyl halides is 3. The predicted molar refractivity (Wildman–Crippen MR) is 121 cm³/mol. The van der Waals surface area contributed by atoms with Gasteiger partial charge in [-0.2, -0.15) is 13.2 Å². The lowest BCUT2D eigenvalue weighted by Gasteiger charge is -2.45. The van der Waals surface area contributed by atoms with Gasteiger partial charge >= 0.3 is 6.18 Å². The molecule has 0 radical (unpaired) electrons. The first-order valence-corrected chi connectivity index (χ1v) is 11.3. The predicted octanol–water partition coefficient (Wildman–Crippen LogP) is 4.88. The van der Waals surface area contributed by atoms with Gasteiger partial charge in [0, 0.05) is 24.8 Å². The summed E-state index contributed by atoms with van der Waals surface area (Å²) in [5, 5.41) is 5.49. The maximum Gasteiger partial charge on any atom is 0.416 e. The first kappa shape index (κ1) is 20.5. The molecule has 0 bridgehead atoms. The number of nitrogens with one attached hydrogen (secondary N) is 1. The van der Waals surface area contributed by atoms with Crippen LogP contribution in [0.1, 0.15) is 35.6 Å². The minimum absolute atomic E-state index is 0.0867. The van der Waals surface area contributed by atoms with E-state index in [2.05, 4.69) is 46.6 Å². The number of rotatable bonds is 2. The van der Waals surface area contributed by atoms with Gasteiger partial charge in [0.2, 0.25) is 5.91 Å². The summed E-state index contributed by atoms with van der Waals surface area (Å²) in [6.45, 7) is 1.67. The summed E-state index contributed by atoms with van der Waals surface area (Å²) in [6, 6.07) is 18.5. The maximum atomic E-state index is 13.3. The van der Waals surface area contributed by atoms with Gasteiger partial charge in [-0.3, -0.25) is 9.69 Å². The summed E-state index contributed by atoms with van der Waals surface area (Å²) in [5.74, 6) is -0.0867. The third-order valence-corrected chi connectivity index (χ3v) is 7.68. The van der Waals surface area contributed by atoms with E-state index >= 15 is 0 Å². The Labute approximate surface area is 190 Å². The fraction of sp³-hybridized carbons (Fsp3) is 0.346. The number of amides is 1. The number of piperidine rings is 1. The van der Waals surface area contributed by atoms with E-state index < -0.39 is 17.3 Å². The van der Waals surface area contributed by atoms with Crippen molar-refractivity contribution in [1.82, 2.24) is 10.2 Å². The largest absolute Gasteiger partial charge is 0.416 e. The first-order chi connectivity index (χ1) is 15.9. The number of carbonyl (C=O) groups is 1. The summed E-state index contributed by atoms with van der Waals surface area (Å²) in [7, 11) is 0. The third-order valence-electron chi connectivity index (χ3n) is 7.68. The lowest BCUT2D eigenvalue weighted by atomic mass is 9.84. The van der Waals surface area contributed by atoms with Crippen LogP contribution in [0.15, 0.2) is 60.7 Å². The van der Waals surface area contributed by atoms with Crippen molar-refractivity contribution < 1.29 is 18.0 Å². The molecule has 33 heavy (non-hydrogen) atoms. The van der Waals surface area contributed by atoms with Gasteiger partial charge in [-0.15, -0.1) is 0 Å². The van der Waals surface area contributed by atoms with Crippen LogP contribution in [0.4, 0.5) is 18.9 Å². The first-order valence-electron chi connectivity index (χ1n) is 11.3. The summed E-state index contributed by atoms with van der Waals surface area (Å²) >= 11 is 0. The highest BCUT2D eigenvalue weighted by Crippen LogP contribution is 2.44. The van der Waals surface area contributed by atoms with Crippen molar-refractivity contribution in [3.05, 3.63) is 77.4 Å². The normalized spacial score (nSPS) is 22.3. The quantitative estimate of drug-likeness (QED) is 0.603. The molecule has 1 amide bonds. The Morgan fingerprint density at radius 3 is 2.45 bits per heavy atom. The fourth-order valence-corrected chi connectivity index (χ4v) is 6.02. The minimum atomic E-state index is -4.41. The average molecular weight is 451 g/mol. The van der Waals surface area contributed by atoms with E-state index in [0.717, 1.165) is 31.6 Å². The molecule has 4 nitrogen and oxygen atoms in total. The molecule has 170 valence electrons. The standard InChI is InChI=1S/C26H24F3N3O/c27-26(28,29)19-7-3-8-20(15-19)32-16-30-24(33)25(32)10-12-31(13-11-25)22-14-18-6-1-4-17-5-2-9-21(22)23(17)18/h1-9,15,22H,10-14,16H2,(H,30,33). The molecule has 3 aromatic carbocycles. The Morgan fingerprint density at radius 2 is 1.70 bits per heavy atom. The van der Waals surface area contributed by atoms with E-state index in [9.17, 15) is 18.0 Å². The van der Waals surface area contributed by atoms with Crippen LogP contribution < -0.4 is 10.2 Å². The smallest absolute Gasteiger partial charge is 0.339 e. The highest BCUT2D eigenvalue weighted by Gasteiger charge is 2.51. The van der Waals surface area contributed by atoms with Crippen molar-refractivity contribution in [1.29, 1.82) is 0 Å². The highest BCUT2D eigenvalue weighted by atomic mass is 19.4. The Bertz CT molecular complexity index is 1240. The van der Waals surface area contributed by atoms with E-state index in [4.69, 9.17) is 0 Å². The molecule has 7 heteroatoms. The number of halogens is 3. The SMILES string of the molecule is O=C1NCN(c2cccc(C(F)(F)F)c2)C12CCN(C1Cc3cccc4cccc1c34)CC2. The Morgan fingerprint density at radius 1 is 0.970 bits per heavy atom. The van der Waals surface area contributed by atoms with Gasteiger partial charge in [0.05, 0.1) is 12.2 Å². The number of hydrogen-bond acceptors (Lipinski definition) is 3. The van der Waals surface area contributed by atoms with Crippen molar-refractivity contribution >= 4 is 22.4 Å². The third kappa shape index (κ3) is 3.13. The number of nitrogens with zero attached hydrogens (tertiary/aromatic N) is 2. The molecule has 6 rings (SSSR count). The Hall–Kier alpha value is -3.06. The molecule has 0 aromatic heterocycles. The molecule has 3 aromatic rings. The van der Waals surface area contributed by atoms with Crippen molar-refractivity contribution in [2.45, 2.75) is 37.0 Å². The molecule has 1 atom stereocenters. The van der Waals surface area contributed by atoms with Crippen LogP contribution in [0.5, 0.6) is 0 Å². The van der Waals surface area contributed by atoms with Crippen molar-refractivity contribution in [3.8, 4) is 0 Å². The van der Waals surface area contributed by atoms with Gasteiger partial charge in [0.1, 0.15) is 5.54 Å². The second-order valence-corrected chi connectivity index (χ2v) is 9.29. The number of likely N-dealkylation sites (tertiary alicyclic amines) is 1. The van der Waals surface area contributed by atoms with Crippen molar-refractivity contribution in [3.63, 3.8) is 0 Å². The lowest BCUT2D eigenvalue weighted by molar-refractivity contribution is -0.137. The summed E-state index contributed by atoms with van der Waals surface area (Å²) in [6.07, 6.45) is -2.30. The van der Waals surface area contributed by atoms with Gasteiger partial charge in [0.15, 0.2) is 0 Å². The molecule has 2 saturated heterocycles. The molecule has 0 saturated carbocycles. The Balaban J connectivity index is 1.26. The number of carbonyl (C=O) groups excluding carboxylic acids is 1. The van der Waals surface area contributed by atoms with Gasteiger partial charge in [-0.05, 0) is 59.4 Å². The molecule has 1 spiro atoms. The molecule has 3 aliphatic rings. The van der Waals surface area contributed by atoms with Crippen LogP contribution in [0.2, 0.25) is 0 Å². The van der Waals surface area contributed by atoms with Gasteiger partial charge in [-0.1, -0.05) is 42.5 Å². The molecule has 2 aliphatic heterocycles. The zero-order valence-corrected chi connectivity index (χ0v) is 18.0. The molecular weight excluding hydrogens is 427 g/mol. The number of hydrogen-bond donors (Lipinski definition) is 1. The molecular formula is C26H24F3N3O. The topological polar surface area (TPSA) is 35.6 Å².